The van der Waals surface area contributed by atoms with E-state index in [1.165, 1.54) is 0 Å². The van der Waals surface area contributed by atoms with Crippen LogP contribution in [-0.2, 0) is 0 Å². The summed E-state index contributed by atoms with van der Waals surface area (Å²) in [4.78, 5) is 2.26. The monoisotopic (exact) mass is 329 g/mol. The summed E-state index contributed by atoms with van der Waals surface area (Å²) < 4.78 is 6.54. The molecule has 0 aliphatic rings. The van der Waals surface area contributed by atoms with Crippen LogP contribution in [0.5, 0.6) is 5.75 Å². The quantitative estimate of drug-likeness (QED) is 0.833. The summed E-state index contributed by atoms with van der Waals surface area (Å²) in [6, 6.07) is 8.50. The van der Waals surface area contributed by atoms with Crippen molar-refractivity contribution in [3.05, 3.63) is 28.7 Å². The number of aliphatic hydroxyl groups is 1. The average Bonchev–Trinajstić information content (AvgIpc) is 2.34. The number of benzene rings is 1. The second-order valence-corrected chi connectivity index (χ2v) is 6.13. The van der Waals surface area contributed by atoms with Gasteiger partial charge in [0, 0.05) is 18.6 Å². The zero-order valence-electron chi connectivity index (χ0n) is 12.1. The van der Waals surface area contributed by atoms with Crippen LogP contribution in [0.4, 0.5) is 0 Å². The van der Waals surface area contributed by atoms with Gasteiger partial charge in [-0.05, 0) is 55.8 Å². The topological polar surface area (TPSA) is 32.7 Å². The highest BCUT2D eigenvalue weighted by molar-refractivity contribution is 9.10. The zero-order valence-corrected chi connectivity index (χ0v) is 13.7. The Kier molecular flexibility index (Phi) is 6.83. The van der Waals surface area contributed by atoms with E-state index in [2.05, 4.69) is 48.5 Å². The van der Waals surface area contributed by atoms with Crippen molar-refractivity contribution in [1.29, 1.82) is 0 Å². The van der Waals surface area contributed by atoms with Crippen LogP contribution in [0, 0.1) is 0 Å². The van der Waals surface area contributed by atoms with Gasteiger partial charge >= 0.3 is 0 Å². The molecule has 0 amide bonds. The molecule has 0 unspecified atom stereocenters. The number of hydrogen-bond acceptors (Lipinski definition) is 3. The highest BCUT2D eigenvalue weighted by Crippen LogP contribution is 2.23. The maximum absolute atomic E-state index is 10.1. The van der Waals surface area contributed by atoms with Gasteiger partial charge in [-0.15, -0.1) is 0 Å². The first-order valence-corrected chi connectivity index (χ1v) is 7.52. The molecule has 1 aromatic rings. The molecule has 3 nitrogen and oxygen atoms in total. The van der Waals surface area contributed by atoms with Gasteiger partial charge in [0.2, 0.25) is 0 Å². The number of aliphatic hydroxyl groups excluding tert-OH is 1. The lowest BCUT2D eigenvalue weighted by Gasteiger charge is -2.32. The summed E-state index contributed by atoms with van der Waals surface area (Å²) in [6.07, 6.45) is -0.489. The van der Waals surface area contributed by atoms with Crippen LogP contribution in [0.25, 0.3) is 0 Å². The second-order valence-electron chi connectivity index (χ2n) is 5.28. The van der Waals surface area contributed by atoms with E-state index in [0.29, 0.717) is 25.2 Å². The molecule has 19 heavy (non-hydrogen) atoms. The highest BCUT2D eigenvalue weighted by atomic mass is 79.9. The Balaban J connectivity index is 2.47. The van der Waals surface area contributed by atoms with E-state index >= 15 is 0 Å². The Morgan fingerprint density at radius 1 is 1.16 bits per heavy atom. The van der Waals surface area contributed by atoms with Gasteiger partial charge in [-0.3, -0.25) is 4.90 Å². The van der Waals surface area contributed by atoms with E-state index in [-0.39, 0.29) is 0 Å². The molecule has 0 saturated carbocycles. The van der Waals surface area contributed by atoms with Crippen LogP contribution in [0.3, 0.4) is 0 Å². The van der Waals surface area contributed by atoms with Gasteiger partial charge in [0.1, 0.15) is 18.5 Å². The number of ether oxygens (including phenoxy) is 1. The molecule has 0 heterocycles. The van der Waals surface area contributed by atoms with E-state index in [9.17, 15) is 5.11 Å². The molecular weight excluding hydrogens is 306 g/mol. The van der Waals surface area contributed by atoms with Gasteiger partial charge in [0.25, 0.3) is 0 Å². The second kappa shape index (κ2) is 7.88. The molecule has 1 N–H and O–H groups in total. The Labute approximate surface area is 124 Å². The van der Waals surface area contributed by atoms with Gasteiger partial charge in [0.15, 0.2) is 0 Å². The van der Waals surface area contributed by atoms with Crippen molar-refractivity contribution < 1.29 is 9.84 Å². The van der Waals surface area contributed by atoms with Crippen LogP contribution in [0.15, 0.2) is 28.7 Å². The maximum atomic E-state index is 10.1. The number of hydrogen-bond donors (Lipinski definition) is 1. The van der Waals surface area contributed by atoms with E-state index < -0.39 is 6.10 Å². The van der Waals surface area contributed by atoms with Gasteiger partial charge < -0.3 is 9.84 Å². The largest absolute Gasteiger partial charge is 0.490 e. The first-order chi connectivity index (χ1) is 8.91. The summed E-state index contributed by atoms with van der Waals surface area (Å²) in [7, 11) is 0. The van der Waals surface area contributed by atoms with E-state index in [1.54, 1.807) is 0 Å². The molecule has 1 atom stereocenters. The molecule has 108 valence electrons. The molecular formula is C15H24BrNO2. The van der Waals surface area contributed by atoms with Crippen LogP contribution in [-0.4, -0.2) is 41.3 Å². The molecule has 0 fully saturated rings. The summed E-state index contributed by atoms with van der Waals surface area (Å²) >= 11 is 3.43. The first-order valence-electron chi connectivity index (χ1n) is 6.73. The Morgan fingerprint density at radius 2 is 1.74 bits per heavy atom. The van der Waals surface area contributed by atoms with E-state index in [1.807, 2.05) is 24.3 Å². The maximum Gasteiger partial charge on any atom is 0.133 e. The normalized spacial score (nSPS) is 13.3. The summed E-state index contributed by atoms with van der Waals surface area (Å²) in [5.41, 5.74) is 0. The summed E-state index contributed by atoms with van der Waals surface area (Å²) in [6.45, 7) is 9.49. The Bertz CT molecular complexity index is 374. The minimum absolute atomic E-state index is 0.304. The molecule has 1 rings (SSSR count). The minimum Gasteiger partial charge on any atom is -0.490 e. The van der Waals surface area contributed by atoms with Crippen molar-refractivity contribution in [2.24, 2.45) is 0 Å². The average molecular weight is 330 g/mol. The third-order valence-electron chi connectivity index (χ3n) is 3.02. The highest BCUT2D eigenvalue weighted by Gasteiger charge is 2.18. The molecule has 0 spiro atoms. The van der Waals surface area contributed by atoms with Crippen LogP contribution in [0.1, 0.15) is 27.7 Å². The van der Waals surface area contributed by atoms with Crippen LogP contribution >= 0.6 is 15.9 Å². The van der Waals surface area contributed by atoms with Crippen molar-refractivity contribution in [2.75, 3.05) is 13.2 Å². The Morgan fingerprint density at radius 3 is 2.26 bits per heavy atom. The van der Waals surface area contributed by atoms with Crippen LogP contribution < -0.4 is 4.74 Å². The lowest BCUT2D eigenvalue weighted by Crippen LogP contribution is -2.43. The fourth-order valence-electron chi connectivity index (χ4n) is 2.06. The third kappa shape index (κ3) is 5.51. The van der Waals surface area contributed by atoms with Crippen molar-refractivity contribution in [3.63, 3.8) is 0 Å². The predicted molar refractivity (Wildman–Crippen MR) is 82.6 cm³/mol. The predicted octanol–water partition coefficient (Wildman–Crippen LogP) is 3.31. The van der Waals surface area contributed by atoms with Crippen molar-refractivity contribution in [3.8, 4) is 5.75 Å². The van der Waals surface area contributed by atoms with Crippen molar-refractivity contribution in [2.45, 2.75) is 45.9 Å². The van der Waals surface area contributed by atoms with Crippen LogP contribution in [0.2, 0.25) is 0 Å². The van der Waals surface area contributed by atoms with Gasteiger partial charge in [0.05, 0.1) is 4.47 Å². The Hall–Kier alpha value is -0.580. The standard InChI is InChI=1S/C15H24BrNO2/c1-11(2)17(12(3)4)9-13(18)10-19-15-8-6-5-7-14(15)16/h5-8,11-13,18H,9-10H2,1-4H3/t13-/m0/s1. The number of nitrogens with zero attached hydrogens (tertiary/aromatic N) is 1. The fraction of sp³-hybridized carbons (Fsp3) is 0.600. The summed E-state index contributed by atoms with van der Waals surface area (Å²) in [5.74, 6) is 0.766. The molecule has 0 aromatic heterocycles. The van der Waals surface area contributed by atoms with Crippen molar-refractivity contribution in [1.82, 2.24) is 4.90 Å². The molecule has 0 aliphatic heterocycles. The van der Waals surface area contributed by atoms with E-state index in [0.717, 1.165) is 10.2 Å². The minimum atomic E-state index is -0.489. The fourth-order valence-corrected chi connectivity index (χ4v) is 2.46. The van der Waals surface area contributed by atoms with Crippen molar-refractivity contribution >= 4 is 15.9 Å². The molecule has 1 aromatic carbocycles. The number of para-hydroxylation sites is 1. The third-order valence-corrected chi connectivity index (χ3v) is 3.67. The van der Waals surface area contributed by atoms with Gasteiger partial charge in [-0.1, -0.05) is 12.1 Å². The van der Waals surface area contributed by atoms with Gasteiger partial charge in [-0.25, -0.2) is 0 Å². The number of halogens is 1. The smallest absolute Gasteiger partial charge is 0.133 e. The lowest BCUT2D eigenvalue weighted by molar-refractivity contribution is 0.0443. The SMILES string of the molecule is CC(C)N(C[C@H](O)COc1ccccc1Br)C(C)C. The first kappa shape index (κ1) is 16.5. The molecule has 0 saturated heterocycles. The molecule has 0 bridgehead atoms. The lowest BCUT2D eigenvalue weighted by atomic mass is 10.2. The molecule has 0 aliphatic carbocycles. The van der Waals surface area contributed by atoms with Gasteiger partial charge in [-0.2, -0.15) is 0 Å². The zero-order chi connectivity index (χ0) is 14.4. The van der Waals surface area contributed by atoms with E-state index in [4.69, 9.17) is 4.74 Å². The molecule has 0 radical (unpaired) electrons. The molecule has 4 heteroatoms. The summed E-state index contributed by atoms with van der Waals surface area (Å²) in [5, 5.41) is 10.1. The number of rotatable bonds is 7.